The number of likely N-dealkylation sites (tertiary alicyclic amines) is 1. The van der Waals surface area contributed by atoms with Gasteiger partial charge >= 0.3 is 6.09 Å². The van der Waals surface area contributed by atoms with Crippen molar-refractivity contribution in [3.63, 3.8) is 0 Å². The van der Waals surface area contributed by atoms with Crippen molar-refractivity contribution in [2.75, 3.05) is 6.54 Å². The van der Waals surface area contributed by atoms with Gasteiger partial charge in [0.2, 0.25) is 5.78 Å². The average Bonchev–Trinajstić information content (AvgIpc) is 3.21. The highest BCUT2D eigenvalue weighted by molar-refractivity contribution is 7.10. The van der Waals surface area contributed by atoms with E-state index in [2.05, 4.69) is 4.98 Å². The molecule has 0 aliphatic carbocycles. The number of phenols is 1. The first-order valence-electron chi connectivity index (χ1n) is 8.53. The third-order valence-electron chi connectivity index (χ3n) is 4.03. The van der Waals surface area contributed by atoms with Gasteiger partial charge in [0.05, 0.1) is 6.04 Å². The van der Waals surface area contributed by atoms with E-state index in [4.69, 9.17) is 4.74 Å². The number of hydrogen-bond donors (Lipinski definition) is 1. The number of thiazole rings is 1. The Morgan fingerprint density at radius 2 is 2.12 bits per heavy atom. The Morgan fingerprint density at radius 3 is 2.81 bits per heavy atom. The van der Waals surface area contributed by atoms with Crippen LogP contribution in [-0.4, -0.2) is 39.0 Å². The molecule has 2 aromatic rings. The van der Waals surface area contributed by atoms with E-state index in [0.29, 0.717) is 17.8 Å². The molecule has 1 aliphatic rings. The van der Waals surface area contributed by atoms with Crippen LogP contribution < -0.4 is 0 Å². The zero-order valence-corrected chi connectivity index (χ0v) is 15.9. The average molecular weight is 374 g/mol. The van der Waals surface area contributed by atoms with Gasteiger partial charge < -0.3 is 9.84 Å². The Morgan fingerprint density at radius 1 is 1.35 bits per heavy atom. The first kappa shape index (κ1) is 18.4. The summed E-state index contributed by atoms with van der Waals surface area (Å²) in [5, 5.41) is 12.0. The van der Waals surface area contributed by atoms with E-state index in [9.17, 15) is 14.7 Å². The van der Waals surface area contributed by atoms with Gasteiger partial charge in [-0.05, 0) is 45.7 Å². The molecule has 1 amide bonds. The lowest BCUT2D eigenvalue weighted by atomic mass is 10.1. The fourth-order valence-corrected chi connectivity index (χ4v) is 3.85. The number of nitrogens with zero attached hydrogens (tertiary/aromatic N) is 2. The first-order valence-corrected chi connectivity index (χ1v) is 9.41. The molecule has 1 N–H and O–H groups in total. The van der Waals surface area contributed by atoms with Gasteiger partial charge in [-0.25, -0.2) is 9.78 Å². The minimum atomic E-state index is -0.552. The molecule has 0 unspecified atom stereocenters. The lowest BCUT2D eigenvalue weighted by molar-refractivity contribution is 0.0224. The van der Waals surface area contributed by atoms with Gasteiger partial charge in [0.1, 0.15) is 22.1 Å². The molecule has 0 bridgehead atoms. The van der Waals surface area contributed by atoms with E-state index >= 15 is 0 Å². The maximum atomic E-state index is 12.6. The predicted octanol–water partition coefficient (Wildman–Crippen LogP) is 4.15. The Labute approximate surface area is 156 Å². The Kier molecular flexibility index (Phi) is 5.00. The molecular formula is C19H22N2O4S. The summed E-state index contributed by atoms with van der Waals surface area (Å²) in [5.41, 5.74) is 0.160. The maximum Gasteiger partial charge on any atom is 0.410 e. The molecule has 3 rings (SSSR count). The van der Waals surface area contributed by atoms with Gasteiger partial charge in [-0.15, -0.1) is 11.3 Å². The SMILES string of the molecule is CC(C)(C)OC(=O)N1CCC[C@H]1c1nc(C(=O)c2cccc(O)c2)cs1. The van der Waals surface area contributed by atoms with Crippen molar-refractivity contribution in [2.45, 2.75) is 45.3 Å². The van der Waals surface area contributed by atoms with Crippen LogP contribution in [0, 0.1) is 0 Å². The quantitative estimate of drug-likeness (QED) is 0.816. The molecule has 1 fully saturated rings. The molecule has 2 heterocycles. The zero-order chi connectivity index (χ0) is 18.9. The number of carbonyl (C=O) groups is 2. The molecule has 0 radical (unpaired) electrons. The van der Waals surface area contributed by atoms with Gasteiger partial charge in [-0.2, -0.15) is 0 Å². The number of ether oxygens (including phenoxy) is 1. The smallest absolute Gasteiger partial charge is 0.410 e. The second-order valence-corrected chi connectivity index (χ2v) is 8.17. The molecule has 1 atom stereocenters. The summed E-state index contributed by atoms with van der Waals surface area (Å²) in [6, 6.07) is 6.03. The van der Waals surface area contributed by atoms with Crippen LogP contribution in [0.4, 0.5) is 4.79 Å². The minimum Gasteiger partial charge on any atom is -0.508 e. The number of aromatic nitrogens is 1. The number of ketones is 1. The summed E-state index contributed by atoms with van der Waals surface area (Å²) >= 11 is 1.37. The van der Waals surface area contributed by atoms with E-state index in [1.807, 2.05) is 20.8 Å². The van der Waals surface area contributed by atoms with E-state index < -0.39 is 5.60 Å². The zero-order valence-electron chi connectivity index (χ0n) is 15.1. The second-order valence-electron chi connectivity index (χ2n) is 7.28. The lowest BCUT2D eigenvalue weighted by Crippen LogP contribution is -2.36. The van der Waals surface area contributed by atoms with Crippen molar-refractivity contribution in [2.24, 2.45) is 0 Å². The highest BCUT2D eigenvalue weighted by Crippen LogP contribution is 2.35. The molecule has 1 aromatic carbocycles. The minimum absolute atomic E-state index is 0.0400. The molecule has 1 aromatic heterocycles. The number of aromatic hydroxyl groups is 1. The van der Waals surface area contributed by atoms with Gasteiger partial charge in [-0.3, -0.25) is 9.69 Å². The summed E-state index contributed by atoms with van der Waals surface area (Å²) in [5.74, 6) is -0.205. The molecule has 26 heavy (non-hydrogen) atoms. The van der Waals surface area contributed by atoms with Crippen molar-refractivity contribution in [3.05, 3.63) is 45.9 Å². The summed E-state index contributed by atoms with van der Waals surface area (Å²) in [7, 11) is 0. The fraction of sp³-hybridized carbons (Fsp3) is 0.421. The first-order chi connectivity index (χ1) is 12.2. The number of carbonyl (C=O) groups excluding carboxylic acids is 2. The van der Waals surface area contributed by atoms with Gasteiger partial charge in [0.25, 0.3) is 0 Å². The molecule has 138 valence electrons. The van der Waals surface area contributed by atoms with Crippen LogP contribution >= 0.6 is 11.3 Å². The standard InChI is InChI=1S/C19H22N2O4S/c1-19(2,3)25-18(24)21-9-5-8-15(21)17-20-14(11-26-17)16(23)12-6-4-7-13(22)10-12/h4,6-7,10-11,15,22H,5,8-9H2,1-3H3/t15-/m0/s1. The van der Waals surface area contributed by atoms with Crippen molar-refractivity contribution in [3.8, 4) is 5.75 Å². The third kappa shape index (κ3) is 4.04. The van der Waals surface area contributed by atoms with Crippen molar-refractivity contribution in [1.29, 1.82) is 0 Å². The van der Waals surface area contributed by atoms with Crippen LogP contribution in [0.2, 0.25) is 0 Å². The highest BCUT2D eigenvalue weighted by Gasteiger charge is 2.35. The number of rotatable bonds is 3. The fourth-order valence-electron chi connectivity index (χ4n) is 2.90. The largest absolute Gasteiger partial charge is 0.508 e. The molecule has 6 nitrogen and oxygen atoms in total. The summed E-state index contributed by atoms with van der Waals surface area (Å²) in [4.78, 5) is 31.1. The Balaban J connectivity index is 1.78. The summed E-state index contributed by atoms with van der Waals surface area (Å²) in [6.45, 7) is 6.14. The van der Waals surface area contributed by atoms with Crippen molar-refractivity contribution < 1.29 is 19.4 Å². The monoisotopic (exact) mass is 374 g/mol. The lowest BCUT2D eigenvalue weighted by Gasteiger charge is -2.27. The van der Waals surface area contributed by atoms with Crippen LogP contribution in [0.3, 0.4) is 0 Å². The van der Waals surface area contributed by atoms with Crippen molar-refractivity contribution in [1.82, 2.24) is 9.88 Å². The van der Waals surface area contributed by atoms with E-state index in [1.54, 1.807) is 22.4 Å². The number of amides is 1. The molecule has 7 heteroatoms. The second kappa shape index (κ2) is 7.07. The maximum absolute atomic E-state index is 12.6. The van der Waals surface area contributed by atoms with Gasteiger partial charge in [0.15, 0.2) is 0 Å². The highest BCUT2D eigenvalue weighted by atomic mass is 32.1. The van der Waals surface area contributed by atoms with Gasteiger partial charge in [-0.1, -0.05) is 12.1 Å². The Bertz CT molecular complexity index is 825. The van der Waals surface area contributed by atoms with Crippen molar-refractivity contribution >= 4 is 23.2 Å². The number of phenolic OH excluding ortho intramolecular Hbond substituents is 1. The van der Waals surface area contributed by atoms with E-state index in [1.165, 1.54) is 23.5 Å². The van der Waals surface area contributed by atoms with E-state index in [0.717, 1.165) is 17.8 Å². The van der Waals surface area contributed by atoms with E-state index in [-0.39, 0.29) is 23.7 Å². The molecule has 1 saturated heterocycles. The van der Waals surface area contributed by atoms with Crippen LogP contribution in [-0.2, 0) is 4.74 Å². The number of hydrogen-bond acceptors (Lipinski definition) is 6. The Hall–Kier alpha value is -2.41. The summed E-state index contributed by atoms with van der Waals surface area (Å²) < 4.78 is 5.48. The van der Waals surface area contributed by atoms with Crippen LogP contribution in [0.15, 0.2) is 29.6 Å². The molecular weight excluding hydrogens is 352 g/mol. The predicted molar refractivity (Wildman–Crippen MR) is 98.6 cm³/mol. The van der Waals surface area contributed by atoms with Crippen LogP contribution in [0.1, 0.15) is 60.7 Å². The molecule has 0 spiro atoms. The third-order valence-corrected chi connectivity index (χ3v) is 4.97. The van der Waals surface area contributed by atoms with Crippen LogP contribution in [0.5, 0.6) is 5.75 Å². The summed E-state index contributed by atoms with van der Waals surface area (Å²) in [6.07, 6.45) is 1.32. The van der Waals surface area contributed by atoms with Gasteiger partial charge in [0, 0.05) is 17.5 Å². The topological polar surface area (TPSA) is 79.7 Å². The number of benzene rings is 1. The normalized spacial score (nSPS) is 17.3. The molecule has 1 aliphatic heterocycles. The van der Waals surface area contributed by atoms with Crippen LogP contribution in [0.25, 0.3) is 0 Å². The molecule has 0 saturated carbocycles.